The van der Waals surface area contributed by atoms with E-state index in [0.717, 1.165) is 32.1 Å². The highest BCUT2D eigenvalue weighted by atomic mass is 16.5. The molecular formula is C28H38N2O5. The van der Waals surface area contributed by atoms with E-state index >= 15 is 0 Å². The Morgan fingerprint density at radius 1 is 1.23 bits per heavy atom. The predicted molar refractivity (Wildman–Crippen MR) is 134 cm³/mol. The van der Waals surface area contributed by atoms with E-state index in [1.165, 1.54) is 24.9 Å². The van der Waals surface area contributed by atoms with Gasteiger partial charge in [-0.1, -0.05) is 57.0 Å². The van der Waals surface area contributed by atoms with Gasteiger partial charge in [0.1, 0.15) is 12.1 Å². The van der Waals surface area contributed by atoms with E-state index in [4.69, 9.17) is 9.47 Å². The number of hydrogen-bond acceptors (Lipinski definition) is 6. The van der Waals surface area contributed by atoms with Crippen LogP contribution in [0.1, 0.15) is 68.9 Å². The fraction of sp³-hybridized carbons (Fsp3) is 0.536. The lowest BCUT2D eigenvalue weighted by molar-refractivity contribution is -0.154. The molecular weight excluding hydrogens is 444 g/mol. The van der Waals surface area contributed by atoms with Gasteiger partial charge < -0.3 is 19.9 Å². The molecule has 1 aliphatic rings. The molecule has 1 aromatic carbocycles. The van der Waals surface area contributed by atoms with E-state index in [9.17, 15) is 14.7 Å². The summed E-state index contributed by atoms with van der Waals surface area (Å²) in [4.78, 5) is 29.9. The summed E-state index contributed by atoms with van der Waals surface area (Å²) < 4.78 is 11.0. The molecule has 1 aliphatic heterocycles. The zero-order chi connectivity index (χ0) is 25.4. The summed E-state index contributed by atoms with van der Waals surface area (Å²) in [6.45, 7) is 6.40. The summed E-state index contributed by atoms with van der Waals surface area (Å²) >= 11 is 0. The van der Waals surface area contributed by atoms with E-state index in [2.05, 4.69) is 48.4 Å². The molecule has 1 fully saturated rings. The molecule has 0 aliphatic carbocycles. The fourth-order valence-electron chi connectivity index (χ4n) is 4.94. The van der Waals surface area contributed by atoms with Crippen LogP contribution in [-0.4, -0.2) is 41.2 Å². The van der Waals surface area contributed by atoms with Crippen molar-refractivity contribution in [3.05, 3.63) is 53.9 Å². The average Bonchev–Trinajstić information content (AvgIpc) is 2.87. The number of nitrogens with one attached hydrogen (secondary N) is 1. The van der Waals surface area contributed by atoms with Crippen molar-refractivity contribution in [2.45, 2.75) is 71.4 Å². The molecule has 0 radical (unpaired) electrons. The second-order valence-corrected chi connectivity index (χ2v) is 9.89. The molecule has 2 heterocycles. The van der Waals surface area contributed by atoms with Crippen molar-refractivity contribution in [3.63, 3.8) is 0 Å². The molecule has 0 saturated carbocycles. The number of aromatic hydroxyl groups is 1. The molecule has 190 valence electrons. The van der Waals surface area contributed by atoms with Gasteiger partial charge in [-0.3, -0.25) is 4.79 Å². The number of esters is 1. The van der Waals surface area contributed by atoms with Crippen LogP contribution in [0.4, 0.5) is 0 Å². The molecule has 1 saturated heterocycles. The Morgan fingerprint density at radius 2 is 1.97 bits per heavy atom. The first-order valence-corrected chi connectivity index (χ1v) is 12.6. The van der Waals surface area contributed by atoms with E-state index in [0.29, 0.717) is 18.3 Å². The number of ether oxygens (including phenoxy) is 2. The highest BCUT2D eigenvalue weighted by molar-refractivity contribution is 5.97. The largest absolute Gasteiger partial charge is 0.503 e. The highest BCUT2D eigenvalue weighted by Crippen LogP contribution is 2.34. The number of hydrogen-bond donors (Lipinski definition) is 2. The second-order valence-electron chi connectivity index (χ2n) is 9.89. The third kappa shape index (κ3) is 7.20. The van der Waals surface area contributed by atoms with Gasteiger partial charge in [0.05, 0.1) is 7.11 Å². The van der Waals surface area contributed by atoms with Crippen molar-refractivity contribution in [2.24, 2.45) is 17.8 Å². The van der Waals surface area contributed by atoms with Crippen molar-refractivity contribution in [1.82, 2.24) is 10.3 Å². The van der Waals surface area contributed by atoms with Crippen LogP contribution in [0.2, 0.25) is 0 Å². The quantitative estimate of drug-likeness (QED) is 0.518. The molecule has 0 spiro atoms. The van der Waals surface area contributed by atoms with Crippen molar-refractivity contribution in [1.29, 1.82) is 0 Å². The van der Waals surface area contributed by atoms with Crippen molar-refractivity contribution in [3.8, 4) is 11.5 Å². The van der Waals surface area contributed by atoms with E-state index in [1.54, 1.807) is 0 Å². The molecule has 0 bridgehead atoms. The molecule has 2 N–H and O–H groups in total. The van der Waals surface area contributed by atoms with Gasteiger partial charge in [0.25, 0.3) is 5.91 Å². The van der Waals surface area contributed by atoms with Gasteiger partial charge in [-0.05, 0) is 55.9 Å². The first kappa shape index (κ1) is 26.5. The van der Waals surface area contributed by atoms with Crippen molar-refractivity contribution >= 4 is 11.9 Å². The lowest BCUT2D eigenvalue weighted by Crippen LogP contribution is -2.43. The van der Waals surface area contributed by atoms with Crippen LogP contribution in [0.25, 0.3) is 0 Å². The topological polar surface area (TPSA) is 97.8 Å². The summed E-state index contributed by atoms with van der Waals surface area (Å²) in [6.07, 6.45) is 6.28. The molecule has 4 atom stereocenters. The maximum atomic E-state index is 13.1. The summed E-state index contributed by atoms with van der Waals surface area (Å²) in [5.41, 5.74) is 1.11. The monoisotopic (exact) mass is 482 g/mol. The number of methoxy groups -OCH3 is 1. The van der Waals surface area contributed by atoms with E-state index in [1.807, 2.05) is 13.0 Å². The maximum absolute atomic E-state index is 13.1. The minimum absolute atomic E-state index is 0.146. The van der Waals surface area contributed by atoms with Crippen LogP contribution in [0.15, 0.2) is 42.6 Å². The second kappa shape index (κ2) is 12.6. The Morgan fingerprint density at radius 3 is 2.66 bits per heavy atom. The molecule has 35 heavy (non-hydrogen) atoms. The van der Waals surface area contributed by atoms with Gasteiger partial charge >= 0.3 is 5.97 Å². The first-order valence-electron chi connectivity index (χ1n) is 12.6. The fourth-order valence-corrected chi connectivity index (χ4v) is 4.94. The number of carbonyl (C=O) groups is 2. The van der Waals surface area contributed by atoms with E-state index in [-0.39, 0.29) is 29.2 Å². The van der Waals surface area contributed by atoms with Crippen LogP contribution < -0.4 is 10.1 Å². The Balaban J connectivity index is 1.77. The summed E-state index contributed by atoms with van der Waals surface area (Å²) in [5.74, 6) is -0.104. The Hall–Kier alpha value is -3.09. The molecule has 1 amide bonds. The number of pyridine rings is 1. The minimum Gasteiger partial charge on any atom is -0.503 e. The average molecular weight is 483 g/mol. The standard InChI is InChI=1S/C28H38N2O5/c1-18(2)13-14-22-19(3)35-28(33)23(12-8-11-21(22)17-20-9-6-5-7-10-20)30-27(32)25-26(31)24(34-4)15-16-29-25/h5-7,9-10,15-16,18-19,21-23,31H,8,11-14,17H2,1-4H3,(H,30,32)/t19-,21+,22-,23-/m0/s1. The molecule has 2 aromatic rings. The number of aromatic nitrogens is 1. The highest BCUT2D eigenvalue weighted by Gasteiger charge is 2.34. The van der Waals surface area contributed by atoms with Gasteiger partial charge in [-0.15, -0.1) is 0 Å². The SMILES string of the molecule is COc1ccnc(C(=O)N[C@H]2CCC[C@H](Cc3ccccc3)[C@@H](CCC(C)C)[C@H](C)OC2=O)c1O. The van der Waals surface area contributed by atoms with Crippen LogP contribution in [-0.2, 0) is 16.0 Å². The zero-order valence-corrected chi connectivity index (χ0v) is 21.2. The lowest BCUT2D eigenvalue weighted by Gasteiger charge is -2.32. The van der Waals surface area contributed by atoms with Gasteiger partial charge in [0.15, 0.2) is 17.2 Å². The van der Waals surface area contributed by atoms with Gasteiger partial charge in [0, 0.05) is 12.3 Å². The first-order chi connectivity index (χ1) is 16.8. The maximum Gasteiger partial charge on any atom is 0.328 e. The third-order valence-corrected chi connectivity index (χ3v) is 6.91. The molecule has 7 nitrogen and oxygen atoms in total. The van der Waals surface area contributed by atoms with Crippen molar-refractivity contribution < 1.29 is 24.2 Å². The smallest absolute Gasteiger partial charge is 0.328 e. The molecule has 7 heteroatoms. The minimum atomic E-state index is -0.807. The summed E-state index contributed by atoms with van der Waals surface area (Å²) in [6, 6.07) is 11.1. The molecule has 3 rings (SSSR count). The van der Waals surface area contributed by atoms with Crippen LogP contribution in [0.5, 0.6) is 11.5 Å². The van der Waals surface area contributed by atoms with Crippen molar-refractivity contribution in [2.75, 3.05) is 7.11 Å². The van der Waals surface area contributed by atoms with Crippen LogP contribution in [0.3, 0.4) is 0 Å². The number of nitrogens with zero attached hydrogens (tertiary/aromatic N) is 1. The normalized spacial score (nSPS) is 23.1. The van der Waals surface area contributed by atoms with Crippen LogP contribution in [0, 0.1) is 17.8 Å². The molecule has 1 aromatic heterocycles. The van der Waals surface area contributed by atoms with E-state index < -0.39 is 17.9 Å². The lowest BCUT2D eigenvalue weighted by atomic mass is 9.77. The summed E-state index contributed by atoms with van der Waals surface area (Å²) in [7, 11) is 1.40. The Bertz CT molecular complexity index is 979. The summed E-state index contributed by atoms with van der Waals surface area (Å²) in [5, 5.41) is 13.0. The van der Waals surface area contributed by atoms with Crippen LogP contribution >= 0.6 is 0 Å². The third-order valence-electron chi connectivity index (χ3n) is 6.91. The zero-order valence-electron chi connectivity index (χ0n) is 21.2. The number of cyclic esters (lactones) is 1. The number of carbonyl (C=O) groups excluding carboxylic acids is 2. The van der Waals surface area contributed by atoms with Gasteiger partial charge in [-0.25, -0.2) is 9.78 Å². The number of amides is 1. The van der Waals surface area contributed by atoms with Gasteiger partial charge in [-0.2, -0.15) is 0 Å². The van der Waals surface area contributed by atoms with Gasteiger partial charge in [0.2, 0.25) is 0 Å². The molecule has 0 unspecified atom stereocenters. The number of rotatable bonds is 8. The Kier molecular flexibility index (Phi) is 9.52. The number of benzene rings is 1. The Labute approximate surface area is 208 Å². The predicted octanol–water partition coefficient (Wildman–Crippen LogP) is 4.92.